The minimum atomic E-state index is -0.874. The fraction of sp³-hybridized carbons (Fsp3) is 0.438. The maximum atomic E-state index is 15.9. The number of aromatic nitrogens is 1. The molecule has 0 radical (unpaired) electrons. The Labute approximate surface area is 233 Å². The molecule has 40 heavy (non-hydrogen) atoms. The van der Waals surface area contributed by atoms with E-state index in [-0.39, 0.29) is 23.9 Å². The number of ether oxygens (including phenoxy) is 3. The first-order valence-corrected chi connectivity index (χ1v) is 13.5. The molecule has 1 N–H and O–H groups in total. The first-order valence-electron chi connectivity index (χ1n) is 13.5. The van der Waals surface area contributed by atoms with Gasteiger partial charge in [-0.15, -0.1) is 0 Å². The normalized spacial score (nSPS) is 20.6. The van der Waals surface area contributed by atoms with Gasteiger partial charge in [-0.25, -0.2) is 13.8 Å². The van der Waals surface area contributed by atoms with Crippen molar-refractivity contribution in [2.45, 2.75) is 64.6 Å². The van der Waals surface area contributed by atoms with E-state index in [9.17, 15) is 14.3 Å². The number of aliphatic carboxylic acids is 1. The molecule has 5 rings (SSSR count). The predicted molar refractivity (Wildman–Crippen MR) is 146 cm³/mol. The Morgan fingerprint density at radius 2 is 1.93 bits per heavy atom. The highest BCUT2D eigenvalue weighted by molar-refractivity contribution is 5.78. The van der Waals surface area contributed by atoms with Gasteiger partial charge in [0, 0.05) is 29.7 Å². The van der Waals surface area contributed by atoms with Crippen molar-refractivity contribution in [1.82, 2.24) is 4.98 Å². The van der Waals surface area contributed by atoms with E-state index < -0.39 is 28.9 Å². The van der Waals surface area contributed by atoms with E-state index >= 15 is 4.39 Å². The van der Waals surface area contributed by atoms with Gasteiger partial charge in [0.1, 0.15) is 12.4 Å². The van der Waals surface area contributed by atoms with Gasteiger partial charge in [0.05, 0.1) is 25.3 Å². The standard InChI is InChI=1S/C32H35F2NO5/c1-31(2,3)29(39-5)22-13-18(8-10-20(22)21-14-26(38-4)35-16-24(21)33)17-40-25-11-9-19-7-6-12-32(27(19)28(25)34)15-23(32)30(36)37/h8-11,13-14,16,23,29H,6-7,12,15,17H2,1-5H3,(H,36,37)/t23-,29+,32+/m0/s1. The van der Waals surface area contributed by atoms with Crippen molar-refractivity contribution < 1.29 is 32.9 Å². The van der Waals surface area contributed by atoms with Crippen LogP contribution in [0.3, 0.4) is 0 Å². The monoisotopic (exact) mass is 551 g/mol. The van der Waals surface area contributed by atoms with Gasteiger partial charge in [-0.2, -0.15) is 0 Å². The molecule has 2 aliphatic rings. The van der Waals surface area contributed by atoms with Gasteiger partial charge in [-0.05, 0) is 65.5 Å². The van der Waals surface area contributed by atoms with Crippen molar-refractivity contribution in [1.29, 1.82) is 0 Å². The molecule has 2 aromatic carbocycles. The van der Waals surface area contributed by atoms with E-state index in [0.29, 0.717) is 35.4 Å². The van der Waals surface area contributed by atoms with E-state index in [4.69, 9.17) is 14.2 Å². The van der Waals surface area contributed by atoms with Crippen LogP contribution in [0.4, 0.5) is 8.78 Å². The lowest BCUT2D eigenvalue weighted by Gasteiger charge is -2.32. The molecule has 0 bridgehead atoms. The summed E-state index contributed by atoms with van der Waals surface area (Å²) in [6, 6.07) is 10.6. The Bertz CT molecular complexity index is 1450. The first kappa shape index (κ1) is 28.0. The Kier molecular flexibility index (Phi) is 7.33. The predicted octanol–water partition coefficient (Wildman–Crippen LogP) is 7.03. The molecule has 1 fully saturated rings. The highest BCUT2D eigenvalue weighted by atomic mass is 19.1. The number of halogens is 2. The summed E-state index contributed by atoms with van der Waals surface area (Å²) < 4.78 is 47.9. The molecule has 8 heteroatoms. The molecule has 0 saturated heterocycles. The highest BCUT2D eigenvalue weighted by Crippen LogP contribution is 2.61. The van der Waals surface area contributed by atoms with Crippen molar-refractivity contribution in [2.75, 3.05) is 14.2 Å². The average Bonchev–Trinajstić information content (AvgIpc) is 3.63. The molecule has 6 nitrogen and oxygen atoms in total. The summed E-state index contributed by atoms with van der Waals surface area (Å²) in [5, 5.41) is 9.61. The smallest absolute Gasteiger partial charge is 0.307 e. The Balaban J connectivity index is 1.49. The minimum Gasteiger partial charge on any atom is -0.486 e. The van der Waals surface area contributed by atoms with Crippen LogP contribution in [0, 0.1) is 23.0 Å². The van der Waals surface area contributed by atoms with Crippen LogP contribution >= 0.6 is 0 Å². The van der Waals surface area contributed by atoms with Gasteiger partial charge in [0.15, 0.2) is 11.6 Å². The first-order chi connectivity index (χ1) is 19.0. The molecular formula is C32H35F2NO5. The molecule has 1 aromatic heterocycles. The van der Waals surface area contributed by atoms with Gasteiger partial charge >= 0.3 is 5.97 Å². The number of carboxylic acids is 1. The molecule has 3 aromatic rings. The summed E-state index contributed by atoms with van der Waals surface area (Å²) in [6.07, 6.45) is 3.46. The van der Waals surface area contributed by atoms with Crippen LogP contribution < -0.4 is 9.47 Å². The zero-order valence-electron chi connectivity index (χ0n) is 23.5. The number of hydrogen-bond donors (Lipinski definition) is 1. The molecule has 1 heterocycles. The number of aryl methyl sites for hydroxylation is 1. The maximum Gasteiger partial charge on any atom is 0.307 e. The molecule has 1 saturated carbocycles. The molecule has 1 spiro atoms. The number of fused-ring (bicyclic) bond motifs is 2. The lowest BCUT2D eigenvalue weighted by atomic mass is 9.78. The van der Waals surface area contributed by atoms with Crippen molar-refractivity contribution in [2.24, 2.45) is 11.3 Å². The van der Waals surface area contributed by atoms with Crippen LogP contribution in [0.2, 0.25) is 0 Å². The largest absolute Gasteiger partial charge is 0.486 e. The zero-order valence-corrected chi connectivity index (χ0v) is 23.5. The summed E-state index contributed by atoms with van der Waals surface area (Å²) in [4.78, 5) is 15.7. The van der Waals surface area contributed by atoms with Crippen LogP contribution in [-0.2, 0) is 28.0 Å². The number of pyridine rings is 1. The third-order valence-corrected chi connectivity index (χ3v) is 8.28. The lowest BCUT2D eigenvalue weighted by molar-refractivity contribution is -0.139. The van der Waals surface area contributed by atoms with Crippen LogP contribution in [-0.4, -0.2) is 30.3 Å². The number of rotatable bonds is 8. The Hall–Kier alpha value is -3.52. The second-order valence-electron chi connectivity index (χ2n) is 11.9. The van der Waals surface area contributed by atoms with Crippen molar-refractivity contribution in [3.05, 3.63) is 76.5 Å². The summed E-state index contributed by atoms with van der Waals surface area (Å²) >= 11 is 0. The molecule has 2 aliphatic carbocycles. The molecule has 0 aliphatic heterocycles. The van der Waals surface area contributed by atoms with E-state index in [2.05, 4.69) is 4.98 Å². The van der Waals surface area contributed by atoms with E-state index in [1.165, 1.54) is 7.11 Å². The fourth-order valence-corrected chi connectivity index (χ4v) is 6.37. The van der Waals surface area contributed by atoms with Crippen molar-refractivity contribution in [3.63, 3.8) is 0 Å². The highest BCUT2D eigenvalue weighted by Gasteiger charge is 2.62. The van der Waals surface area contributed by atoms with Gasteiger partial charge < -0.3 is 19.3 Å². The molecule has 0 unspecified atom stereocenters. The quantitative estimate of drug-likeness (QED) is 0.324. The summed E-state index contributed by atoms with van der Waals surface area (Å²) in [7, 11) is 3.10. The minimum absolute atomic E-state index is 0.0705. The van der Waals surface area contributed by atoms with E-state index in [1.54, 1.807) is 19.2 Å². The summed E-state index contributed by atoms with van der Waals surface area (Å²) in [5.74, 6) is -1.98. The number of methoxy groups -OCH3 is 2. The van der Waals surface area contributed by atoms with Crippen LogP contribution in [0.1, 0.15) is 68.4 Å². The molecule has 0 amide bonds. The fourth-order valence-electron chi connectivity index (χ4n) is 6.37. The third kappa shape index (κ3) is 4.94. The van der Waals surface area contributed by atoms with Crippen molar-refractivity contribution in [3.8, 4) is 22.8 Å². The van der Waals surface area contributed by atoms with E-state index in [1.807, 2.05) is 45.0 Å². The van der Waals surface area contributed by atoms with Crippen LogP contribution in [0.25, 0.3) is 11.1 Å². The number of benzene rings is 2. The topological polar surface area (TPSA) is 77.9 Å². The second-order valence-corrected chi connectivity index (χ2v) is 11.9. The molecular weight excluding hydrogens is 516 g/mol. The zero-order chi connectivity index (χ0) is 28.8. The van der Waals surface area contributed by atoms with Gasteiger partial charge in [0.2, 0.25) is 5.88 Å². The Morgan fingerprint density at radius 3 is 2.58 bits per heavy atom. The van der Waals surface area contributed by atoms with Crippen LogP contribution in [0.5, 0.6) is 11.6 Å². The lowest BCUT2D eigenvalue weighted by Crippen LogP contribution is -2.23. The number of carbonyl (C=O) groups is 1. The summed E-state index contributed by atoms with van der Waals surface area (Å²) in [6.45, 7) is 6.19. The van der Waals surface area contributed by atoms with E-state index in [0.717, 1.165) is 35.7 Å². The number of hydrogen-bond acceptors (Lipinski definition) is 5. The average molecular weight is 552 g/mol. The molecule has 212 valence electrons. The summed E-state index contributed by atoms with van der Waals surface area (Å²) in [5.41, 5.74) is 2.92. The van der Waals surface area contributed by atoms with Gasteiger partial charge in [-0.3, -0.25) is 4.79 Å². The third-order valence-electron chi connectivity index (χ3n) is 8.28. The number of carboxylic acid groups (broad SMARTS) is 1. The van der Waals surface area contributed by atoms with Crippen LogP contribution in [0.15, 0.2) is 42.6 Å². The maximum absolute atomic E-state index is 15.9. The van der Waals surface area contributed by atoms with Gasteiger partial charge in [0.25, 0.3) is 0 Å². The SMILES string of the molecule is COc1cc(-c2ccc(COc3ccc4c(c3F)[C@]3(CCC4)C[C@H]3C(=O)O)cc2[C@@H](OC)C(C)(C)C)c(F)cn1. The van der Waals surface area contributed by atoms with Crippen molar-refractivity contribution >= 4 is 5.97 Å². The number of nitrogens with zero attached hydrogens (tertiary/aromatic N) is 1. The second kappa shape index (κ2) is 10.5. The Morgan fingerprint density at radius 1 is 1.15 bits per heavy atom. The van der Waals surface area contributed by atoms with Gasteiger partial charge in [-0.1, -0.05) is 39.0 Å². The molecule has 3 atom stereocenters.